The molecule has 1 aliphatic heterocycles. The highest BCUT2D eigenvalue weighted by Gasteiger charge is 2.37. The number of carboxylic acids is 1. The first-order valence-electron chi connectivity index (χ1n) is 9.07. The van der Waals surface area contributed by atoms with Crippen molar-refractivity contribution < 1.29 is 33.6 Å². The Kier molecular flexibility index (Phi) is 8.41. The normalized spacial score (nSPS) is 22.5. The number of aromatic carboxylic acids is 1. The summed E-state index contributed by atoms with van der Waals surface area (Å²) in [6.45, 7) is 4.94. The first-order valence-corrected chi connectivity index (χ1v) is 11.0. The van der Waals surface area contributed by atoms with Crippen LogP contribution in [0.3, 0.4) is 0 Å². The van der Waals surface area contributed by atoms with Gasteiger partial charge in [0.05, 0.1) is 24.4 Å². The van der Waals surface area contributed by atoms with Gasteiger partial charge in [-0.15, -0.1) is 0 Å². The minimum atomic E-state index is -3.67. The number of ether oxygens (including phenoxy) is 3. The lowest BCUT2D eigenvalue weighted by atomic mass is 10.0. The Balaban J connectivity index is 1.83. The molecule has 1 saturated heterocycles. The minimum Gasteiger partial charge on any atom is -0.478 e. The van der Waals surface area contributed by atoms with Gasteiger partial charge in [-0.3, -0.25) is 4.57 Å². The number of carboxylic acid groups (broad SMARTS) is 1. The average Bonchev–Trinajstić information content (AvgIpc) is 2.63. The molecule has 1 heterocycles. The first-order chi connectivity index (χ1) is 12.9. The lowest BCUT2D eigenvalue weighted by Gasteiger charge is -2.32. The van der Waals surface area contributed by atoms with E-state index in [-0.39, 0.29) is 17.8 Å². The van der Waals surface area contributed by atoms with E-state index in [0.717, 1.165) is 5.56 Å². The minimum absolute atomic E-state index is 0.0370. The molecule has 1 fully saturated rings. The summed E-state index contributed by atoms with van der Waals surface area (Å²) >= 11 is 0. The van der Waals surface area contributed by atoms with E-state index in [1.54, 1.807) is 38.1 Å². The van der Waals surface area contributed by atoms with Crippen molar-refractivity contribution in [3.05, 3.63) is 35.4 Å². The number of carbonyl (C=O) groups is 1. The number of nitrogens with one attached hydrogen (secondary N) is 1. The summed E-state index contributed by atoms with van der Waals surface area (Å²) in [5.74, 6) is -0.950. The third-order valence-electron chi connectivity index (χ3n) is 4.26. The Morgan fingerprint density at radius 1 is 1.30 bits per heavy atom. The van der Waals surface area contributed by atoms with Crippen LogP contribution < -0.4 is 5.32 Å². The summed E-state index contributed by atoms with van der Waals surface area (Å²) in [7, 11) is -3.67. The van der Waals surface area contributed by atoms with Crippen LogP contribution in [-0.2, 0) is 25.2 Å². The number of rotatable bonds is 10. The van der Waals surface area contributed by atoms with Gasteiger partial charge < -0.3 is 29.5 Å². The molecular weight excluding hydrogens is 373 g/mol. The molecule has 0 radical (unpaired) electrons. The highest BCUT2D eigenvalue weighted by atomic mass is 31.2. The summed E-state index contributed by atoms with van der Waals surface area (Å²) in [5, 5.41) is 12.3. The van der Waals surface area contributed by atoms with Crippen LogP contribution in [0.25, 0.3) is 0 Å². The SMILES string of the molecule is CCOC(OCC)P(=O)(O)C[C@H]1CN[C@H](Cc2ccc(C(=O)O)cc2)CO1. The topological polar surface area (TPSA) is 114 Å². The number of benzene rings is 1. The Bertz CT molecular complexity index is 638. The van der Waals surface area contributed by atoms with Gasteiger partial charge in [-0.05, 0) is 38.0 Å². The zero-order valence-electron chi connectivity index (χ0n) is 15.7. The molecule has 27 heavy (non-hydrogen) atoms. The van der Waals surface area contributed by atoms with E-state index in [1.165, 1.54) is 0 Å². The van der Waals surface area contributed by atoms with Gasteiger partial charge in [0.2, 0.25) is 6.03 Å². The van der Waals surface area contributed by atoms with Gasteiger partial charge in [-0.25, -0.2) is 4.79 Å². The van der Waals surface area contributed by atoms with E-state index < -0.39 is 25.5 Å². The molecule has 3 atom stereocenters. The molecule has 0 bridgehead atoms. The molecule has 1 aromatic carbocycles. The van der Waals surface area contributed by atoms with Crippen LogP contribution in [0.15, 0.2) is 24.3 Å². The number of morpholine rings is 1. The van der Waals surface area contributed by atoms with Crippen LogP contribution in [-0.4, -0.2) is 66.7 Å². The van der Waals surface area contributed by atoms with Crippen LogP contribution in [0.4, 0.5) is 0 Å². The molecular formula is C18H28NO7P. The van der Waals surface area contributed by atoms with E-state index in [1.807, 2.05) is 0 Å². The van der Waals surface area contributed by atoms with Crippen molar-refractivity contribution in [1.82, 2.24) is 5.32 Å². The summed E-state index contributed by atoms with van der Waals surface area (Å²) in [6.07, 6.45) is 0.254. The lowest BCUT2D eigenvalue weighted by Crippen LogP contribution is -2.48. The second-order valence-electron chi connectivity index (χ2n) is 6.42. The molecule has 0 aliphatic carbocycles. The van der Waals surface area contributed by atoms with E-state index >= 15 is 0 Å². The van der Waals surface area contributed by atoms with E-state index in [0.29, 0.717) is 32.8 Å². The van der Waals surface area contributed by atoms with Gasteiger partial charge in [0.15, 0.2) is 0 Å². The van der Waals surface area contributed by atoms with Crippen LogP contribution in [0, 0.1) is 0 Å². The Labute approximate surface area is 159 Å². The molecule has 0 saturated carbocycles. The molecule has 152 valence electrons. The maximum atomic E-state index is 12.6. The van der Waals surface area contributed by atoms with Crippen molar-refractivity contribution in [2.75, 3.05) is 32.5 Å². The summed E-state index contributed by atoms with van der Waals surface area (Å²) in [4.78, 5) is 21.2. The van der Waals surface area contributed by atoms with Crippen LogP contribution >= 0.6 is 7.37 Å². The van der Waals surface area contributed by atoms with Crippen molar-refractivity contribution in [2.45, 2.75) is 38.4 Å². The molecule has 0 spiro atoms. The van der Waals surface area contributed by atoms with Gasteiger partial charge >= 0.3 is 5.97 Å². The van der Waals surface area contributed by atoms with E-state index in [4.69, 9.17) is 19.3 Å². The summed E-state index contributed by atoms with van der Waals surface area (Å²) in [6, 6.07) is 5.66. The van der Waals surface area contributed by atoms with Crippen LogP contribution in [0.5, 0.6) is 0 Å². The van der Waals surface area contributed by atoms with Crippen molar-refractivity contribution in [2.24, 2.45) is 0 Å². The largest absolute Gasteiger partial charge is 0.478 e. The van der Waals surface area contributed by atoms with Crippen molar-refractivity contribution >= 4 is 13.3 Å². The quantitative estimate of drug-likeness (QED) is 0.402. The van der Waals surface area contributed by atoms with Gasteiger partial charge in [-0.1, -0.05) is 12.1 Å². The first kappa shape index (κ1) is 22.0. The summed E-state index contributed by atoms with van der Waals surface area (Å²) in [5.41, 5.74) is 1.25. The molecule has 3 N–H and O–H groups in total. The smallest absolute Gasteiger partial charge is 0.335 e. The fourth-order valence-electron chi connectivity index (χ4n) is 2.93. The van der Waals surface area contributed by atoms with E-state index in [9.17, 15) is 14.3 Å². The van der Waals surface area contributed by atoms with E-state index in [2.05, 4.69) is 5.32 Å². The molecule has 0 aromatic heterocycles. The highest BCUT2D eigenvalue weighted by molar-refractivity contribution is 7.58. The van der Waals surface area contributed by atoms with Crippen molar-refractivity contribution in [3.8, 4) is 0 Å². The zero-order chi connectivity index (χ0) is 19.9. The van der Waals surface area contributed by atoms with Crippen LogP contribution in [0.2, 0.25) is 0 Å². The van der Waals surface area contributed by atoms with Gasteiger partial charge in [0.25, 0.3) is 7.37 Å². The predicted molar refractivity (Wildman–Crippen MR) is 100 cm³/mol. The zero-order valence-corrected chi connectivity index (χ0v) is 16.6. The third-order valence-corrected chi connectivity index (χ3v) is 6.15. The fraction of sp³-hybridized carbons (Fsp3) is 0.611. The number of hydrogen-bond donors (Lipinski definition) is 3. The van der Waals surface area contributed by atoms with Crippen molar-refractivity contribution in [3.63, 3.8) is 0 Å². The third kappa shape index (κ3) is 6.68. The van der Waals surface area contributed by atoms with Gasteiger partial charge in [-0.2, -0.15) is 0 Å². The fourth-order valence-corrected chi connectivity index (χ4v) is 4.68. The molecule has 8 nitrogen and oxygen atoms in total. The average molecular weight is 401 g/mol. The highest BCUT2D eigenvalue weighted by Crippen LogP contribution is 2.48. The molecule has 0 amide bonds. The molecule has 9 heteroatoms. The molecule has 1 aliphatic rings. The van der Waals surface area contributed by atoms with Crippen molar-refractivity contribution in [1.29, 1.82) is 0 Å². The second kappa shape index (κ2) is 10.3. The summed E-state index contributed by atoms with van der Waals surface area (Å²) < 4.78 is 28.9. The molecule has 1 aromatic rings. The molecule has 1 unspecified atom stereocenters. The maximum absolute atomic E-state index is 12.6. The Morgan fingerprint density at radius 3 is 2.41 bits per heavy atom. The van der Waals surface area contributed by atoms with Crippen LogP contribution in [0.1, 0.15) is 29.8 Å². The maximum Gasteiger partial charge on any atom is 0.335 e. The Morgan fingerprint density at radius 2 is 1.93 bits per heavy atom. The monoisotopic (exact) mass is 401 g/mol. The standard InChI is InChI=1S/C18H28NO7P/c1-3-24-18(25-4-2)27(22,23)12-16-10-19-15(11-26-16)9-13-5-7-14(8-6-13)17(20)21/h5-8,15-16,18-19H,3-4,9-12H2,1-2H3,(H,20,21)(H,22,23)/t15-,16-/m1/s1. The van der Waals surface area contributed by atoms with Gasteiger partial charge in [0.1, 0.15) is 0 Å². The lowest BCUT2D eigenvalue weighted by molar-refractivity contribution is -0.0884. The predicted octanol–water partition coefficient (Wildman–Crippen LogP) is 1.91. The second-order valence-corrected chi connectivity index (χ2v) is 8.72. The number of hydrogen-bond acceptors (Lipinski definition) is 6. The molecule has 2 rings (SSSR count). The van der Waals surface area contributed by atoms with Gasteiger partial charge in [0, 0.05) is 25.8 Å². The Hall–Kier alpha value is -1.28.